The van der Waals surface area contributed by atoms with Crippen molar-refractivity contribution in [3.8, 4) is 0 Å². The molecule has 0 aliphatic carbocycles. The highest BCUT2D eigenvalue weighted by molar-refractivity contribution is 5.84. The Morgan fingerprint density at radius 1 is 0.895 bits per heavy atom. The normalized spacial score (nSPS) is 12.1. The summed E-state index contributed by atoms with van der Waals surface area (Å²) in [6, 6.07) is -0.442. The molecule has 1 N–H and O–H groups in total. The van der Waals surface area contributed by atoms with E-state index in [2.05, 4.69) is 5.32 Å². The minimum Gasteiger partial charge on any atom is -0.352 e. The van der Waals surface area contributed by atoms with Crippen molar-refractivity contribution < 1.29 is 19.2 Å². The molecule has 0 rings (SSSR count). The molecule has 0 radical (unpaired) electrons. The van der Waals surface area contributed by atoms with E-state index in [1.807, 2.05) is 0 Å². The molecule has 0 saturated heterocycles. The van der Waals surface area contributed by atoms with Gasteiger partial charge < -0.3 is 10.1 Å². The molecule has 0 aromatic heterocycles. The molecule has 1 unspecified atom stereocenters. The highest BCUT2D eigenvalue weighted by atomic mass is 16.2. The van der Waals surface area contributed by atoms with E-state index in [9.17, 15) is 19.2 Å². The quantitative estimate of drug-likeness (QED) is 0.686. The van der Waals surface area contributed by atoms with Gasteiger partial charge in [0.15, 0.2) is 0 Å². The zero-order valence-electron chi connectivity index (χ0n) is 12.1. The summed E-state index contributed by atoms with van der Waals surface area (Å²) < 4.78 is 0. The number of ketones is 3. The highest BCUT2D eigenvalue weighted by Crippen LogP contribution is 2.08. The Kier molecular flexibility index (Phi) is 7.87. The Morgan fingerprint density at radius 3 is 1.74 bits per heavy atom. The van der Waals surface area contributed by atoms with Crippen LogP contribution in [0, 0.1) is 5.92 Å². The van der Waals surface area contributed by atoms with Crippen molar-refractivity contribution in [3.63, 3.8) is 0 Å². The van der Waals surface area contributed by atoms with E-state index in [4.69, 9.17) is 0 Å². The third kappa shape index (κ3) is 9.11. The SMILES string of the molecule is CC(=O)CCC(C)C(=O)NC(CC(C)=O)CC(C)=O. The van der Waals surface area contributed by atoms with E-state index in [0.717, 1.165) is 0 Å². The van der Waals surface area contributed by atoms with Gasteiger partial charge in [0, 0.05) is 31.2 Å². The fraction of sp³-hybridized carbons (Fsp3) is 0.714. The van der Waals surface area contributed by atoms with Crippen molar-refractivity contribution in [1.82, 2.24) is 5.32 Å². The molecule has 0 heterocycles. The molecule has 0 aliphatic rings. The smallest absolute Gasteiger partial charge is 0.223 e. The molecule has 1 atom stereocenters. The minimum atomic E-state index is -0.442. The maximum Gasteiger partial charge on any atom is 0.223 e. The maximum absolute atomic E-state index is 11.9. The fourth-order valence-electron chi connectivity index (χ4n) is 1.76. The van der Waals surface area contributed by atoms with Crippen LogP contribution in [0.25, 0.3) is 0 Å². The van der Waals surface area contributed by atoms with Gasteiger partial charge in [-0.25, -0.2) is 0 Å². The zero-order chi connectivity index (χ0) is 15.0. The van der Waals surface area contributed by atoms with Gasteiger partial charge in [0.25, 0.3) is 0 Å². The second-order valence-electron chi connectivity index (χ2n) is 5.16. The molecule has 0 saturated carbocycles. The van der Waals surface area contributed by atoms with Crippen molar-refractivity contribution in [2.75, 3.05) is 0 Å². The van der Waals surface area contributed by atoms with Gasteiger partial charge in [0.1, 0.15) is 17.3 Å². The lowest BCUT2D eigenvalue weighted by atomic mass is 10.0. The average Bonchev–Trinajstić information content (AvgIpc) is 2.23. The van der Waals surface area contributed by atoms with Crippen LogP contribution < -0.4 is 5.32 Å². The van der Waals surface area contributed by atoms with Crippen LogP contribution in [-0.2, 0) is 19.2 Å². The van der Waals surface area contributed by atoms with Gasteiger partial charge in [-0.15, -0.1) is 0 Å². The molecule has 0 spiro atoms. The number of Topliss-reactive ketones (excluding diaryl/α,β-unsaturated/α-hetero) is 3. The molecule has 1 amide bonds. The van der Waals surface area contributed by atoms with Crippen LogP contribution in [0.2, 0.25) is 0 Å². The first-order chi connectivity index (χ1) is 8.72. The molecule has 0 fully saturated rings. The summed E-state index contributed by atoms with van der Waals surface area (Å²) in [5.74, 6) is -0.603. The third-order valence-corrected chi connectivity index (χ3v) is 2.79. The van der Waals surface area contributed by atoms with Gasteiger partial charge in [-0.3, -0.25) is 14.4 Å². The number of nitrogens with one attached hydrogen (secondary N) is 1. The van der Waals surface area contributed by atoms with Gasteiger partial charge >= 0.3 is 0 Å². The monoisotopic (exact) mass is 269 g/mol. The van der Waals surface area contributed by atoms with Gasteiger partial charge in [0.2, 0.25) is 5.91 Å². The summed E-state index contributed by atoms with van der Waals surface area (Å²) in [5.41, 5.74) is 0. The molecular formula is C14H23NO4. The Hall–Kier alpha value is -1.52. The number of carbonyl (C=O) groups is 4. The van der Waals surface area contributed by atoms with Gasteiger partial charge in [-0.2, -0.15) is 0 Å². The van der Waals surface area contributed by atoms with E-state index >= 15 is 0 Å². The van der Waals surface area contributed by atoms with Crippen LogP contribution >= 0.6 is 0 Å². The lowest BCUT2D eigenvalue weighted by Crippen LogP contribution is -2.40. The summed E-state index contributed by atoms with van der Waals surface area (Å²) in [5, 5.41) is 2.71. The molecule has 5 heteroatoms. The molecular weight excluding hydrogens is 246 g/mol. The third-order valence-electron chi connectivity index (χ3n) is 2.79. The van der Waals surface area contributed by atoms with Gasteiger partial charge in [-0.1, -0.05) is 6.92 Å². The first-order valence-corrected chi connectivity index (χ1v) is 6.51. The van der Waals surface area contributed by atoms with Crippen LogP contribution in [0.15, 0.2) is 0 Å². The second-order valence-corrected chi connectivity index (χ2v) is 5.16. The summed E-state index contributed by atoms with van der Waals surface area (Å²) in [4.78, 5) is 44.9. The Morgan fingerprint density at radius 2 is 1.37 bits per heavy atom. The van der Waals surface area contributed by atoms with Crippen molar-refractivity contribution >= 4 is 23.3 Å². The largest absolute Gasteiger partial charge is 0.352 e. The van der Waals surface area contributed by atoms with Crippen molar-refractivity contribution in [2.24, 2.45) is 5.92 Å². The first-order valence-electron chi connectivity index (χ1n) is 6.51. The maximum atomic E-state index is 11.9. The molecule has 5 nitrogen and oxygen atoms in total. The Bertz CT molecular complexity index is 346. The first kappa shape index (κ1) is 17.5. The van der Waals surface area contributed by atoms with E-state index in [1.54, 1.807) is 6.92 Å². The van der Waals surface area contributed by atoms with Crippen LogP contribution in [0.1, 0.15) is 53.4 Å². The standard InChI is InChI=1S/C14H23NO4/c1-9(5-6-10(2)16)14(19)15-13(7-11(3)17)8-12(4)18/h9,13H,5-8H2,1-4H3,(H,15,19). The van der Waals surface area contributed by atoms with Crippen molar-refractivity contribution in [1.29, 1.82) is 0 Å². The lowest BCUT2D eigenvalue weighted by molar-refractivity contribution is -0.126. The van der Waals surface area contributed by atoms with E-state index < -0.39 is 6.04 Å². The topological polar surface area (TPSA) is 80.3 Å². The van der Waals surface area contributed by atoms with Crippen LogP contribution in [0.4, 0.5) is 0 Å². The van der Waals surface area contributed by atoms with E-state index in [-0.39, 0.29) is 42.0 Å². The van der Waals surface area contributed by atoms with Crippen LogP contribution in [0.3, 0.4) is 0 Å². The van der Waals surface area contributed by atoms with E-state index in [1.165, 1.54) is 20.8 Å². The molecule has 19 heavy (non-hydrogen) atoms. The number of hydrogen-bond acceptors (Lipinski definition) is 4. The zero-order valence-corrected chi connectivity index (χ0v) is 12.1. The lowest BCUT2D eigenvalue weighted by Gasteiger charge is -2.19. The summed E-state index contributed by atoms with van der Waals surface area (Å²) >= 11 is 0. The average molecular weight is 269 g/mol. The van der Waals surface area contributed by atoms with Crippen molar-refractivity contribution in [2.45, 2.75) is 59.4 Å². The highest BCUT2D eigenvalue weighted by Gasteiger charge is 2.20. The Balaban J connectivity index is 4.39. The summed E-state index contributed by atoms with van der Waals surface area (Å²) in [6.07, 6.45) is 1.15. The minimum absolute atomic E-state index is 0.0451. The van der Waals surface area contributed by atoms with Gasteiger partial charge in [-0.05, 0) is 27.2 Å². The number of hydrogen-bond donors (Lipinski definition) is 1. The van der Waals surface area contributed by atoms with E-state index in [0.29, 0.717) is 12.8 Å². The number of amides is 1. The second kappa shape index (κ2) is 8.56. The predicted octanol–water partition coefficient (Wildman–Crippen LogP) is 1.43. The summed E-state index contributed by atoms with van der Waals surface area (Å²) in [7, 11) is 0. The molecule has 0 aromatic carbocycles. The molecule has 0 aromatic rings. The molecule has 108 valence electrons. The van der Waals surface area contributed by atoms with Gasteiger partial charge in [0.05, 0.1) is 0 Å². The van der Waals surface area contributed by atoms with Crippen LogP contribution in [0.5, 0.6) is 0 Å². The summed E-state index contributed by atoms with van der Waals surface area (Å²) in [6.45, 7) is 6.08. The van der Waals surface area contributed by atoms with Crippen LogP contribution in [-0.4, -0.2) is 29.3 Å². The fourth-order valence-corrected chi connectivity index (χ4v) is 1.76. The molecule has 0 aliphatic heterocycles. The Labute approximate surface area is 114 Å². The van der Waals surface area contributed by atoms with Crippen molar-refractivity contribution in [3.05, 3.63) is 0 Å². The predicted molar refractivity (Wildman–Crippen MR) is 71.6 cm³/mol. The number of carbonyl (C=O) groups excluding carboxylic acids is 4. The number of rotatable bonds is 9. The molecule has 0 bridgehead atoms.